The zero-order chi connectivity index (χ0) is 19.2. The molecule has 0 fully saturated rings. The van der Waals surface area contributed by atoms with E-state index in [-0.39, 0.29) is 17.2 Å². The van der Waals surface area contributed by atoms with Gasteiger partial charge in [-0.2, -0.15) is 0 Å². The van der Waals surface area contributed by atoms with Crippen molar-refractivity contribution < 1.29 is 4.79 Å². The van der Waals surface area contributed by atoms with E-state index in [1.165, 1.54) is 17.8 Å². The minimum Gasteiger partial charge on any atom is -0.325 e. The Kier molecular flexibility index (Phi) is 6.41. The first kappa shape index (κ1) is 19.3. The fraction of sp³-hybridized carbons (Fsp3) is 0.263. The maximum Gasteiger partial charge on any atom is 0.251 e. The van der Waals surface area contributed by atoms with Crippen molar-refractivity contribution in [3.63, 3.8) is 0 Å². The van der Waals surface area contributed by atoms with E-state index in [1.807, 2.05) is 43.5 Å². The molecule has 1 amide bonds. The Balaban J connectivity index is 1.62. The summed E-state index contributed by atoms with van der Waals surface area (Å²) in [5, 5.41) is 6.35. The summed E-state index contributed by atoms with van der Waals surface area (Å²) in [4.78, 5) is 35.5. The SMILES string of the molecule is CCCc1cc(=O)[nH]c(SCC(=O)Nc2cccc(-c3csc(C)n3)c2)n1. The molecule has 0 spiro atoms. The molecule has 3 rings (SSSR count). The molecule has 0 saturated carbocycles. The molecule has 0 aliphatic heterocycles. The van der Waals surface area contributed by atoms with Crippen LogP contribution in [0.3, 0.4) is 0 Å². The minimum atomic E-state index is -0.192. The quantitative estimate of drug-likeness (QED) is 0.464. The van der Waals surface area contributed by atoms with Gasteiger partial charge in [-0.1, -0.05) is 37.2 Å². The van der Waals surface area contributed by atoms with E-state index in [1.54, 1.807) is 11.3 Å². The maximum absolute atomic E-state index is 12.3. The van der Waals surface area contributed by atoms with Gasteiger partial charge in [0.25, 0.3) is 5.56 Å². The van der Waals surface area contributed by atoms with Gasteiger partial charge in [0.15, 0.2) is 5.16 Å². The number of hydrogen-bond donors (Lipinski definition) is 2. The highest BCUT2D eigenvalue weighted by Gasteiger charge is 2.08. The molecule has 140 valence electrons. The highest BCUT2D eigenvalue weighted by molar-refractivity contribution is 7.99. The van der Waals surface area contributed by atoms with Crippen LogP contribution in [0, 0.1) is 6.92 Å². The summed E-state index contributed by atoms with van der Waals surface area (Å²) in [6.45, 7) is 4.00. The van der Waals surface area contributed by atoms with Crippen LogP contribution in [0.1, 0.15) is 24.0 Å². The monoisotopic (exact) mass is 400 g/mol. The lowest BCUT2D eigenvalue weighted by atomic mass is 10.1. The number of thiazole rings is 1. The lowest BCUT2D eigenvalue weighted by Gasteiger charge is -2.07. The second-order valence-corrected chi connectivity index (χ2v) is 7.99. The van der Waals surface area contributed by atoms with Gasteiger partial charge in [-0.05, 0) is 25.5 Å². The number of carbonyl (C=O) groups excluding carboxylic acids is 1. The van der Waals surface area contributed by atoms with Crippen molar-refractivity contribution in [2.75, 3.05) is 11.1 Å². The van der Waals surface area contributed by atoms with Gasteiger partial charge < -0.3 is 10.3 Å². The molecule has 27 heavy (non-hydrogen) atoms. The zero-order valence-corrected chi connectivity index (χ0v) is 16.7. The van der Waals surface area contributed by atoms with E-state index in [0.717, 1.165) is 34.8 Å². The summed E-state index contributed by atoms with van der Waals surface area (Å²) in [6.07, 6.45) is 1.66. The molecule has 0 saturated heterocycles. The summed E-state index contributed by atoms with van der Waals surface area (Å²) in [7, 11) is 0. The van der Waals surface area contributed by atoms with Gasteiger partial charge in [-0.15, -0.1) is 11.3 Å². The Morgan fingerprint density at radius 2 is 2.15 bits per heavy atom. The number of thioether (sulfide) groups is 1. The van der Waals surface area contributed by atoms with Crippen molar-refractivity contribution in [3.05, 3.63) is 56.8 Å². The molecule has 0 radical (unpaired) electrons. The second kappa shape index (κ2) is 8.96. The van der Waals surface area contributed by atoms with Crippen LogP contribution in [0.25, 0.3) is 11.3 Å². The number of benzene rings is 1. The average Bonchev–Trinajstić information content (AvgIpc) is 3.07. The minimum absolute atomic E-state index is 0.157. The largest absolute Gasteiger partial charge is 0.325 e. The first-order chi connectivity index (χ1) is 13.0. The first-order valence-electron chi connectivity index (χ1n) is 8.59. The predicted molar refractivity (Wildman–Crippen MR) is 110 cm³/mol. The Labute approximate surface area is 165 Å². The number of nitrogens with zero attached hydrogens (tertiary/aromatic N) is 2. The number of aryl methyl sites for hydroxylation is 2. The van der Waals surface area contributed by atoms with Gasteiger partial charge in [-0.25, -0.2) is 9.97 Å². The first-order valence-corrected chi connectivity index (χ1v) is 10.5. The van der Waals surface area contributed by atoms with Crippen LogP contribution in [0.4, 0.5) is 5.69 Å². The van der Waals surface area contributed by atoms with Gasteiger partial charge in [0, 0.05) is 28.4 Å². The molecule has 3 aromatic rings. The molecular formula is C19H20N4O2S2. The molecule has 2 aromatic heterocycles. The number of anilines is 1. The van der Waals surface area contributed by atoms with E-state index in [0.29, 0.717) is 10.8 Å². The molecule has 1 aromatic carbocycles. The molecule has 8 heteroatoms. The normalized spacial score (nSPS) is 10.7. The lowest BCUT2D eigenvalue weighted by molar-refractivity contribution is -0.113. The summed E-state index contributed by atoms with van der Waals surface area (Å²) in [6, 6.07) is 9.10. The van der Waals surface area contributed by atoms with Gasteiger partial charge >= 0.3 is 0 Å². The van der Waals surface area contributed by atoms with Crippen molar-refractivity contribution in [1.29, 1.82) is 0 Å². The molecule has 0 aliphatic rings. The van der Waals surface area contributed by atoms with Gasteiger partial charge in [-0.3, -0.25) is 9.59 Å². The third kappa shape index (κ3) is 5.51. The van der Waals surface area contributed by atoms with Gasteiger partial charge in [0.2, 0.25) is 5.91 Å². The number of aromatic amines is 1. The Bertz CT molecular complexity index is 997. The highest BCUT2D eigenvalue weighted by Crippen LogP contribution is 2.24. The van der Waals surface area contributed by atoms with Gasteiger partial charge in [0.1, 0.15) is 0 Å². The Morgan fingerprint density at radius 1 is 1.30 bits per heavy atom. The van der Waals surface area contributed by atoms with Crippen LogP contribution in [0.2, 0.25) is 0 Å². The van der Waals surface area contributed by atoms with Crippen molar-refractivity contribution in [2.45, 2.75) is 31.8 Å². The number of aromatic nitrogens is 3. The molecular weight excluding hydrogens is 380 g/mol. The number of hydrogen-bond acceptors (Lipinski definition) is 6. The van der Waals surface area contributed by atoms with Crippen molar-refractivity contribution in [1.82, 2.24) is 15.0 Å². The smallest absolute Gasteiger partial charge is 0.251 e. The van der Waals surface area contributed by atoms with E-state index in [4.69, 9.17) is 0 Å². The fourth-order valence-corrected chi connectivity index (χ4v) is 3.84. The number of H-pyrrole nitrogens is 1. The molecule has 6 nitrogen and oxygen atoms in total. The van der Waals surface area contributed by atoms with Crippen LogP contribution in [-0.4, -0.2) is 26.6 Å². The molecule has 2 N–H and O–H groups in total. The van der Waals surface area contributed by atoms with Crippen LogP contribution in [0.15, 0.2) is 45.7 Å². The van der Waals surface area contributed by atoms with Crippen LogP contribution >= 0.6 is 23.1 Å². The van der Waals surface area contributed by atoms with Crippen molar-refractivity contribution >= 4 is 34.7 Å². The Hall–Kier alpha value is -2.45. The number of amides is 1. The average molecular weight is 401 g/mol. The highest BCUT2D eigenvalue weighted by atomic mass is 32.2. The standard InChI is InChI=1S/C19H20N4O2S2/c1-3-5-14-9-17(24)23-19(22-14)27-11-18(25)21-15-7-4-6-13(8-15)16-10-26-12(2)20-16/h4,6-10H,3,5,11H2,1-2H3,(H,21,25)(H,22,23,24). The zero-order valence-electron chi connectivity index (χ0n) is 15.1. The number of rotatable bonds is 7. The number of carbonyl (C=O) groups is 1. The summed E-state index contributed by atoms with van der Waals surface area (Å²) < 4.78 is 0. The maximum atomic E-state index is 12.3. The van der Waals surface area contributed by atoms with Crippen LogP contribution < -0.4 is 10.9 Å². The van der Waals surface area contributed by atoms with Crippen molar-refractivity contribution in [2.24, 2.45) is 0 Å². The van der Waals surface area contributed by atoms with Crippen LogP contribution in [-0.2, 0) is 11.2 Å². The third-order valence-electron chi connectivity index (χ3n) is 3.68. The summed E-state index contributed by atoms with van der Waals surface area (Å²) >= 11 is 2.81. The molecule has 2 heterocycles. The second-order valence-electron chi connectivity index (χ2n) is 5.96. The lowest BCUT2D eigenvalue weighted by Crippen LogP contribution is -2.16. The van der Waals surface area contributed by atoms with E-state index in [9.17, 15) is 9.59 Å². The summed E-state index contributed by atoms with van der Waals surface area (Å²) in [5.41, 5.74) is 3.13. The van der Waals surface area contributed by atoms with E-state index >= 15 is 0 Å². The van der Waals surface area contributed by atoms with E-state index in [2.05, 4.69) is 20.3 Å². The predicted octanol–water partition coefficient (Wildman–Crippen LogP) is 3.89. The molecule has 0 aliphatic carbocycles. The topological polar surface area (TPSA) is 87.7 Å². The number of nitrogens with one attached hydrogen (secondary N) is 2. The van der Waals surface area contributed by atoms with Crippen LogP contribution in [0.5, 0.6) is 0 Å². The van der Waals surface area contributed by atoms with E-state index < -0.39 is 0 Å². The Morgan fingerprint density at radius 3 is 2.89 bits per heavy atom. The molecule has 0 unspecified atom stereocenters. The molecule has 0 bridgehead atoms. The summed E-state index contributed by atoms with van der Waals surface area (Å²) in [5.74, 6) is 0.00797. The molecule has 0 atom stereocenters. The third-order valence-corrected chi connectivity index (χ3v) is 5.33. The van der Waals surface area contributed by atoms with Crippen molar-refractivity contribution in [3.8, 4) is 11.3 Å². The van der Waals surface area contributed by atoms with Gasteiger partial charge in [0.05, 0.1) is 16.5 Å². The fourth-order valence-electron chi connectivity index (χ4n) is 2.52.